The van der Waals surface area contributed by atoms with Gasteiger partial charge in [-0.15, -0.1) is 0 Å². The van der Waals surface area contributed by atoms with Crippen LogP contribution in [0.25, 0.3) is 123 Å². The number of nitrogens with zero attached hydrogens (tertiary/aromatic N) is 3. The quantitative estimate of drug-likeness (QED) is 0.130. The van der Waals surface area contributed by atoms with Crippen molar-refractivity contribution in [3.8, 4) is 123 Å². The summed E-state index contributed by atoms with van der Waals surface area (Å²) >= 11 is 0. The lowest BCUT2D eigenvalue weighted by molar-refractivity contribution is 1.07. The molecule has 0 N–H and O–H groups in total. The van der Waals surface area contributed by atoms with Gasteiger partial charge in [-0.2, -0.15) is 0 Å². The van der Waals surface area contributed by atoms with Crippen LogP contribution in [-0.4, -0.2) is 15.0 Å². The van der Waals surface area contributed by atoms with Crippen LogP contribution >= 0.6 is 0 Å². The van der Waals surface area contributed by atoms with E-state index in [2.05, 4.69) is 267 Å². The van der Waals surface area contributed by atoms with E-state index in [4.69, 9.17) is 15.0 Å². The number of benzene rings is 11. The van der Waals surface area contributed by atoms with Crippen molar-refractivity contribution in [2.24, 2.45) is 0 Å². The lowest BCUT2D eigenvalue weighted by Crippen LogP contribution is -2.03. The van der Waals surface area contributed by atoms with Gasteiger partial charge in [0, 0.05) is 16.7 Å². The number of aromatic nitrogens is 3. The monoisotopic (exact) mass is 917 g/mol. The first-order valence-corrected chi connectivity index (χ1v) is 24.4. The molecule has 0 amide bonds. The lowest BCUT2D eigenvalue weighted by Gasteiger charge is -2.29. The van der Waals surface area contributed by atoms with Crippen LogP contribution < -0.4 is 0 Å². The third kappa shape index (κ3) is 8.72. The van der Waals surface area contributed by atoms with Crippen molar-refractivity contribution in [2.75, 3.05) is 0 Å². The van der Waals surface area contributed by atoms with E-state index < -0.39 is 0 Å². The standard InChI is InChI=1S/C69H47N3/c1-9-26-48(27-10-1)58-45-59(49-28-11-2-12-29-49)47-60(46-58)69-71-67(55-40-23-8-24-41-55)70-68(72-69)57-43-25-42-56(44-57)66-64(53-36-19-6-20-37-53)62(51-32-15-4-16-33-51)61(50-30-13-3-14-31-50)63(52-34-17-5-18-35-52)65(66)54-38-21-7-22-39-54/h1-47H. The first-order valence-electron chi connectivity index (χ1n) is 24.4. The van der Waals surface area contributed by atoms with E-state index in [1.165, 1.54) is 5.56 Å². The van der Waals surface area contributed by atoms with Gasteiger partial charge < -0.3 is 0 Å². The summed E-state index contributed by atoms with van der Waals surface area (Å²) in [4.78, 5) is 16.0. The molecule has 11 aromatic carbocycles. The van der Waals surface area contributed by atoms with Crippen LogP contribution in [0.2, 0.25) is 0 Å². The van der Waals surface area contributed by atoms with E-state index in [-0.39, 0.29) is 0 Å². The molecule has 0 radical (unpaired) electrons. The van der Waals surface area contributed by atoms with Crippen molar-refractivity contribution in [1.29, 1.82) is 0 Å². The first-order chi connectivity index (χ1) is 35.7. The summed E-state index contributed by atoms with van der Waals surface area (Å²) in [6, 6.07) is 101. The highest BCUT2D eigenvalue weighted by atomic mass is 15.0. The van der Waals surface area contributed by atoms with Crippen molar-refractivity contribution in [2.45, 2.75) is 0 Å². The highest BCUT2D eigenvalue weighted by molar-refractivity contribution is 6.15. The molecule has 338 valence electrons. The lowest BCUT2D eigenvalue weighted by atomic mass is 9.74. The number of rotatable bonds is 11. The molecule has 0 atom stereocenters. The minimum atomic E-state index is 0.585. The summed E-state index contributed by atoms with van der Waals surface area (Å²) in [6.07, 6.45) is 0. The van der Waals surface area contributed by atoms with E-state index in [0.29, 0.717) is 17.5 Å². The van der Waals surface area contributed by atoms with Gasteiger partial charge in [0.1, 0.15) is 0 Å². The Morgan fingerprint density at radius 2 is 0.347 bits per heavy atom. The minimum absolute atomic E-state index is 0.585. The zero-order valence-electron chi connectivity index (χ0n) is 39.5. The molecule has 3 nitrogen and oxygen atoms in total. The molecule has 3 heteroatoms. The largest absolute Gasteiger partial charge is 0.208 e. The molecule has 72 heavy (non-hydrogen) atoms. The van der Waals surface area contributed by atoms with Gasteiger partial charge in [-0.3, -0.25) is 0 Å². The maximum Gasteiger partial charge on any atom is 0.164 e. The highest BCUT2D eigenvalue weighted by Crippen LogP contribution is 2.56. The molecule has 1 aromatic heterocycles. The molecule has 0 unspecified atom stereocenters. The Kier molecular flexibility index (Phi) is 12.0. The van der Waals surface area contributed by atoms with Gasteiger partial charge in [-0.25, -0.2) is 15.0 Å². The highest BCUT2D eigenvalue weighted by Gasteiger charge is 2.29. The van der Waals surface area contributed by atoms with Crippen LogP contribution in [0, 0.1) is 0 Å². The summed E-state index contributed by atoms with van der Waals surface area (Å²) in [6.45, 7) is 0. The van der Waals surface area contributed by atoms with Crippen LogP contribution in [0.4, 0.5) is 0 Å². The molecular formula is C69H47N3. The smallest absolute Gasteiger partial charge is 0.164 e. The van der Waals surface area contributed by atoms with Gasteiger partial charge in [-0.05, 0) is 113 Å². The van der Waals surface area contributed by atoms with Gasteiger partial charge >= 0.3 is 0 Å². The van der Waals surface area contributed by atoms with Crippen molar-refractivity contribution >= 4 is 0 Å². The second-order valence-electron chi connectivity index (χ2n) is 17.9. The predicted molar refractivity (Wildman–Crippen MR) is 300 cm³/mol. The summed E-state index contributed by atoms with van der Waals surface area (Å²) in [5, 5.41) is 0. The van der Waals surface area contributed by atoms with Crippen molar-refractivity contribution < 1.29 is 0 Å². The molecule has 0 saturated heterocycles. The van der Waals surface area contributed by atoms with Crippen LogP contribution in [0.15, 0.2) is 285 Å². The molecule has 0 aliphatic carbocycles. The maximum absolute atomic E-state index is 5.43. The zero-order chi connectivity index (χ0) is 48.1. The molecule has 12 rings (SSSR count). The summed E-state index contributed by atoms with van der Waals surface area (Å²) < 4.78 is 0. The average molecular weight is 918 g/mol. The SMILES string of the molecule is c1ccc(-c2cc(-c3ccccc3)cc(-c3nc(-c4ccccc4)nc(-c4cccc(-c5c(-c6ccccc6)c(-c6ccccc6)c(-c6ccccc6)c(-c6ccccc6)c5-c5ccccc5)c4)n3)c2)cc1. The molecule has 0 spiro atoms. The van der Waals surface area contributed by atoms with Crippen LogP contribution in [-0.2, 0) is 0 Å². The van der Waals surface area contributed by atoms with E-state index >= 15 is 0 Å². The van der Waals surface area contributed by atoms with Crippen LogP contribution in [0.1, 0.15) is 0 Å². The molecule has 0 saturated carbocycles. The Labute approximate surface area is 421 Å². The van der Waals surface area contributed by atoms with E-state index in [9.17, 15) is 0 Å². The number of hydrogen-bond acceptors (Lipinski definition) is 3. The molecule has 1 heterocycles. The second-order valence-corrected chi connectivity index (χ2v) is 17.9. The molecule has 0 aliphatic rings. The van der Waals surface area contributed by atoms with Crippen LogP contribution in [0.3, 0.4) is 0 Å². The molecular weight excluding hydrogens is 871 g/mol. The van der Waals surface area contributed by atoms with Gasteiger partial charge in [0.15, 0.2) is 17.5 Å². The van der Waals surface area contributed by atoms with E-state index in [1.807, 2.05) is 18.2 Å². The fourth-order valence-electron chi connectivity index (χ4n) is 10.0. The zero-order valence-corrected chi connectivity index (χ0v) is 39.5. The fraction of sp³-hybridized carbons (Fsp3) is 0. The first kappa shape index (κ1) is 43.7. The van der Waals surface area contributed by atoms with Gasteiger partial charge in [-0.1, -0.05) is 261 Å². The minimum Gasteiger partial charge on any atom is -0.208 e. The van der Waals surface area contributed by atoms with Crippen molar-refractivity contribution in [3.05, 3.63) is 285 Å². The van der Waals surface area contributed by atoms with E-state index in [0.717, 1.165) is 100 Å². The van der Waals surface area contributed by atoms with E-state index in [1.54, 1.807) is 0 Å². The Balaban J connectivity index is 1.17. The number of hydrogen-bond donors (Lipinski definition) is 0. The Morgan fingerprint density at radius 3 is 0.681 bits per heavy atom. The Bertz CT molecular complexity index is 3630. The summed E-state index contributed by atoms with van der Waals surface area (Å²) in [5.41, 5.74) is 20.7. The van der Waals surface area contributed by atoms with Crippen molar-refractivity contribution in [1.82, 2.24) is 15.0 Å². The van der Waals surface area contributed by atoms with Gasteiger partial charge in [0.05, 0.1) is 0 Å². The normalized spacial score (nSPS) is 11.1. The van der Waals surface area contributed by atoms with Gasteiger partial charge in [0.25, 0.3) is 0 Å². The predicted octanol–water partition coefficient (Wildman–Crippen LogP) is 18.2. The average Bonchev–Trinajstić information content (AvgIpc) is 3.48. The second kappa shape index (κ2) is 19.8. The molecule has 12 aromatic rings. The summed E-state index contributed by atoms with van der Waals surface area (Å²) in [7, 11) is 0. The Morgan fingerprint density at radius 1 is 0.139 bits per heavy atom. The third-order valence-corrected chi connectivity index (χ3v) is 13.3. The maximum atomic E-state index is 5.43. The van der Waals surface area contributed by atoms with Crippen LogP contribution in [0.5, 0.6) is 0 Å². The summed E-state index contributed by atoms with van der Waals surface area (Å²) in [5.74, 6) is 1.79. The molecule has 0 bridgehead atoms. The topological polar surface area (TPSA) is 38.7 Å². The fourth-order valence-corrected chi connectivity index (χ4v) is 10.0. The molecule has 0 fully saturated rings. The van der Waals surface area contributed by atoms with Gasteiger partial charge in [0.2, 0.25) is 0 Å². The van der Waals surface area contributed by atoms with Crippen molar-refractivity contribution in [3.63, 3.8) is 0 Å². The molecule has 0 aliphatic heterocycles. The third-order valence-electron chi connectivity index (χ3n) is 13.3. The Hall–Kier alpha value is -9.57.